The van der Waals surface area contributed by atoms with Gasteiger partial charge in [0.05, 0.1) is 17.6 Å². The molecule has 0 aliphatic carbocycles. The smallest absolute Gasteiger partial charge is 0.214 e. The van der Waals surface area contributed by atoms with Crippen molar-refractivity contribution in [3.63, 3.8) is 0 Å². The summed E-state index contributed by atoms with van der Waals surface area (Å²) >= 11 is 0. The fourth-order valence-electron chi connectivity index (χ4n) is 3.24. The van der Waals surface area contributed by atoms with E-state index < -0.39 is 31.3 Å². The van der Waals surface area contributed by atoms with Gasteiger partial charge in [-0.05, 0) is 30.5 Å². The average molecular weight is 434 g/mol. The molecule has 2 atom stereocenters. The predicted octanol–water partition coefficient (Wildman–Crippen LogP) is 2.62. The first-order valence-electron chi connectivity index (χ1n) is 9.17. The first kappa shape index (κ1) is 21.5. The molecule has 0 aromatic heterocycles. The highest BCUT2D eigenvalue weighted by Gasteiger charge is 2.36. The normalized spacial score (nSPS) is 21.6. The fraction of sp³-hybridized carbons (Fsp3) is 0.350. The van der Waals surface area contributed by atoms with Crippen LogP contribution < -0.4 is 9.44 Å². The Labute approximate surface area is 172 Å². The number of benzene rings is 2. The molecule has 29 heavy (non-hydrogen) atoms. The molecule has 9 heteroatoms. The van der Waals surface area contributed by atoms with Crippen LogP contribution in [0.4, 0.5) is 5.69 Å². The second kappa shape index (κ2) is 8.24. The molecular formula is C20H23N3O4S2. The highest BCUT2D eigenvalue weighted by atomic mass is 32.2. The molecule has 1 saturated heterocycles. The van der Waals surface area contributed by atoms with Crippen LogP contribution in [0.2, 0.25) is 0 Å². The Balaban J connectivity index is 1.87. The van der Waals surface area contributed by atoms with E-state index in [1.165, 1.54) is 0 Å². The average Bonchev–Trinajstić information content (AvgIpc) is 2.67. The van der Waals surface area contributed by atoms with E-state index in [1.807, 2.05) is 36.4 Å². The second-order valence-corrected chi connectivity index (χ2v) is 11.5. The lowest BCUT2D eigenvalue weighted by Gasteiger charge is -2.33. The Kier molecular flexibility index (Phi) is 6.10. The minimum absolute atomic E-state index is 0.132. The van der Waals surface area contributed by atoms with E-state index in [4.69, 9.17) is 6.57 Å². The number of sulfonamides is 2. The maximum atomic E-state index is 12.3. The first-order chi connectivity index (χ1) is 13.6. The third-order valence-corrected chi connectivity index (χ3v) is 8.29. The lowest BCUT2D eigenvalue weighted by Crippen LogP contribution is -2.54. The number of hydrogen-bond acceptors (Lipinski definition) is 4. The standard InChI is InChI=1S/C20H23N3O4S2/c1-14(2)29(26,27)23-20-13-28(24,25)22-12-19(20)17-6-4-15(5-7-17)16-8-10-18(21-3)11-9-16/h4-11,14,19-20,22-23H,12-13H2,1-2H3. The van der Waals surface area contributed by atoms with Crippen LogP contribution in [-0.2, 0) is 20.0 Å². The molecule has 2 unspecified atom stereocenters. The summed E-state index contributed by atoms with van der Waals surface area (Å²) in [7, 11) is -7.14. The van der Waals surface area contributed by atoms with Crippen molar-refractivity contribution < 1.29 is 16.8 Å². The Morgan fingerprint density at radius 3 is 2.14 bits per heavy atom. The minimum Gasteiger partial charge on any atom is -0.238 e. The highest BCUT2D eigenvalue weighted by Crippen LogP contribution is 2.28. The molecule has 1 fully saturated rings. The van der Waals surface area contributed by atoms with Crippen molar-refractivity contribution in [1.82, 2.24) is 9.44 Å². The summed E-state index contributed by atoms with van der Waals surface area (Å²) in [5, 5.41) is -0.651. The van der Waals surface area contributed by atoms with Crippen molar-refractivity contribution in [2.45, 2.75) is 31.1 Å². The van der Waals surface area contributed by atoms with Gasteiger partial charge in [-0.15, -0.1) is 0 Å². The van der Waals surface area contributed by atoms with Gasteiger partial charge in [0, 0.05) is 18.5 Å². The van der Waals surface area contributed by atoms with Gasteiger partial charge in [0.1, 0.15) is 0 Å². The number of hydrogen-bond donors (Lipinski definition) is 2. The lowest BCUT2D eigenvalue weighted by molar-refractivity contribution is 0.465. The molecule has 0 spiro atoms. The summed E-state index contributed by atoms with van der Waals surface area (Å²) in [6.07, 6.45) is 0. The van der Waals surface area contributed by atoms with E-state index >= 15 is 0 Å². The predicted molar refractivity (Wildman–Crippen MR) is 114 cm³/mol. The summed E-state index contributed by atoms with van der Waals surface area (Å²) in [6.45, 7) is 10.3. The van der Waals surface area contributed by atoms with Crippen molar-refractivity contribution in [2.24, 2.45) is 0 Å². The van der Waals surface area contributed by atoms with E-state index in [-0.39, 0.29) is 18.2 Å². The zero-order valence-corrected chi connectivity index (χ0v) is 17.8. The van der Waals surface area contributed by atoms with Gasteiger partial charge in [-0.1, -0.05) is 48.5 Å². The van der Waals surface area contributed by atoms with Gasteiger partial charge >= 0.3 is 0 Å². The van der Waals surface area contributed by atoms with E-state index in [2.05, 4.69) is 14.3 Å². The van der Waals surface area contributed by atoms with Crippen molar-refractivity contribution in [3.8, 4) is 11.1 Å². The van der Waals surface area contributed by atoms with Gasteiger partial charge in [-0.25, -0.2) is 31.1 Å². The molecule has 2 aromatic rings. The third kappa shape index (κ3) is 5.03. The van der Waals surface area contributed by atoms with Crippen molar-refractivity contribution in [2.75, 3.05) is 12.3 Å². The molecule has 2 aromatic carbocycles. The van der Waals surface area contributed by atoms with Crippen LogP contribution in [0.1, 0.15) is 25.3 Å². The van der Waals surface area contributed by atoms with E-state index in [0.717, 1.165) is 16.7 Å². The fourth-order valence-corrected chi connectivity index (χ4v) is 5.62. The van der Waals surface area contributed by atoms with Crippen LogP contribution in [0, 0.1) is 6.57 Å². The number of nitrogens with zero attached hydrogens (tertiary/aromatic N) is 1. The summed E-state index contributed by atoms with van der Waals surface area (Å²) in [4.78, 5) is 3.38. The maximum absolute atomic E-state index is 12.3. The zero-order chi connectivity index (χ0) is 21.2. The largest absolute Gasteiger partial charge is 0.238 e. The molecular weight excluding hydrogens is 410 g/mol. The van der Waals surface area contributed by atoms with Crippen LogP contribution in [0.5, 0.6) is 0 Å². The van der Waals surface area contributed by atoms with Crippen molar-refractivity contribution in [3.05, 3.63) is 65.5 Å². The first-order valence-corrected chi connectivity index (χ1v) is 12.4. The maximum Gasteiger partial charge on any atom is 0.214 e. The van der Waals surface area contributed by atoms with Gasteiger partial charge in [0.25, 0.3) is 0 Å². The molecule has 7 nitrogen and oxygen atoms in total. The monoisotopic (exact) mass is 433 g/mol. The molecule has 0 amide bonds. The molecule has 0 saturated carbocycles. The van der Waals surface area contributed by atoms with E-state index in [0.29, 0.717) is 5.69 Å². The Morgan fingerprint density at radius 1 is 1.07 bits per heavy atom. The van der Waals surface area contributed by atoms with Gasteiger partial charge in [-0.3, -0.25) is 0 Å². The highest BCUT2D eigenvalue weighted by molar-refractivity contribution is 7.90. The number of nitrogens with one attached hydrogen (secondary N) is 2. The third-order valence-electron chi connectivity index (χ3n) is 5.01. The topological polar surface area (TPSA) is 96.7 Å². The van der Waals surface area contributed by atoms with Gasteiger partial charge in [-0.2, -0.15) is 0 Å². The molecule has 0 radical (unpaired) electrons. The van der Waals surface area contributed by atoms with Crippen LogP contribution >= 0.6 is 0 Å². The van der Waals surface area contributed by atoms with E-state index in [9.17, 15) is 16.8 Å². The quantitative estimate of drug-likeness (QED) is 0.709. The Morgan fingerprint density at radius 2 is 1.62 bits per heavy atom. The second-order valence-electron chi connectivity index (χ2n) is 7.34. The van der Waals surface area contributed by atoms with Crippen LogP contribution in [-0.4, -0.2) is 40.4 Å². The van der Waals surface area contributed by atoms with Crippen LogP contribution in [0.25, 0.3) is 16.0 Å². The Bertz CT molecular complexity index is 1120. The summed E-state index contributed by atoms with van der Waals surface area (Å²) < 4.78 is 53.8. The van der Waals surface area contributed by atoms with Gasteiger partial charge in [0.15, 0.2) is 5.69 Å². The summed E-state index contributed by atoms with van der Waals surface area (Å²) in [5.74, 6) is -0.616. The lowest BCUT2D eigenvalue weighted by atomic mass is 9.91. The van der Waals surface area contributed by atoms with Crippen molar-refractivity contribution in [1.29, 1.82) is 0 Å². The molecule has 2 N–H and O–H groups in total. The SMILES string of the molecule is [C-]#[N+]c1ccc(-c2ccc(C3CNS(=O)(=O)CC3NS(=O)(=O)C(C)C)cc2)cc1. The summed E-state index contributed by atoms with van der Waals surface area (Å²) in [6, 6.07) is 14.1. The van der Waals surface area contributed by atoms with Gasteiger partial charge in [0.2, 0.25) is 20.0 Å². The van der Waals surface area contributed by atoms with Crippen LogP contribution in [0.15, 0.2) is 48.5 Å². The minimum atomic E-state index is -3.61. The van der Waals surface area contributed by atoms with Gasteiger partial charge < -0.3 is 0 Å². The number of rotatable bonds is 5. The van der Waals surface area contributed by atoms with E-state index in [1.54, 1.807) is 26.0 Å². The molecule has 1 heterocycles. The molecule has 154 valence electrons. The molecule has 1 aliphatic rings. The molecule has 3 rings (SSSR count). The Hall–Kier alpha value is -2.25. The zero-order valence-electron chi connectivity index (χ0n) is 16.2. The van der Waals surface area contributed by atoms with Crippen LogP contribution in [0.3, 0.4) is 0 Å². The summed E-state index contributed by atoms with van der Waals surface area (Å²) in [5.41, 5.74) is 3.34. The molecule has 1 aliphatic heterocycles. The molecule has 0 bridgehead atoms. The van der Waals surface area contributed by atoms with Crippen molar-refractivity contribution >= 4 is 25.7 Å².